The summed E-state index contributed by atoms with van der Waals surface area (Å²) >= 11 is 6.18. The topological polar surface area (TPSA) is 62.0 Å². The summed E-state index contributed by atoms with van der Waals surface area (Å²) in [4.78, 5) is 10.9. The average Bonchev–Trinajstić information content (AvgIpc) is 2.49. The lowest BCUT2D eigenvalue weighted by atomic mass is 10.1. The number of ether oxygens (including phenoxy) is 1. The van der Waals surface area contributed by atoms with Crippen molar-refractivity contribution < 1.29 is 4.74 Å². The van der Waals surface area contributed by atoms with Crippen molar-refractivity contribution in [3.05, 3.63) is 29.0 Å². The van der Waals surface area contributed by atoms with Gasteiger partial charge >= 0.3 is 0 Å². The summed E-state index contributed by atoms with van der Waals surface area (Å²) in [5.41, 5.74) is 1.58. The Balaban J connectivity index is 2.15. The van der Waals surface area contributed by atoms with Gasteiger partial charge in [0.15, 0.2) is 5.15 Å². The largest absolute Gasteiger partial charge is 0.377 e. The number of hydrogen-bond donors (Lipinski definition) is 0. The van der Waals surface area contributed by atoms with Crippen LogP contribution in [0, 0.1) is 11.3 Å². The van der Waals surface area contributed by atoms with Crippen LogP contribution in [0.4, 0.5) is 5.82 Å². The van der Waals surface area contributed by atoms with Gasteiger partial charge in [0.25, 0.3) is 0 Å². The second kappa shape index (κ2) is 5.84. The Labute approximate surface area is 128 Å². The van der Waals surface area contributed by atoms with E-state index >= 15 is 0 Å². The molecule has 5 nitrogen and oxygen atoms in total. The van der Waals surface area contributed by atoms with Gasteiger partial charge in [0.1, 0.15) is 11.3 Å². The molecule has 0 aliphatic carbocycles. The number of rotatable bonds is 2. The second-order valence-electron chi connectivity index (χ2n) is 5.09. The van der Waals surface area contributed by atoms with E-state index in [0.717, 1.165) is 23.3 Å². The Morgan fingerprint density at radius 2 is 2.43 bits per heavy atom. The number of aromatic nitrogens is 2. The van der Waals surface area contributed by atoms with Crippen molar-refractivity contribution in [1.29, 1.82) is 5.26 Å². The molecular formula is C15H15ClN4O. The zero-order valence-electron chi connectivity index (χ0n) is 11.7. The van der Waals surface area contributed by atoms with Crippen LogP contribution in [0.25, 0.3) is 10.9 Å². The van der Waals surface area contributed by atoms with Gasteiger partial charge in [-0.1, -0.05) is 11.6 Å². The van der Waals surface area contributed by atoms with Crippen molar-refractivity contribution in [3.8, 4) is 6.07 Å². The number of pyridine rings is 2. The first kappa shape index (κ1) is 14.1. The van der Waals surface area contributed by atoms with Crippen molar-refractivity contribution in [2.24, 2.45) is 0 Å². The van der Waals surface area contributed by atoms with Crippen molar-refractivity contribution >= 4 is 28.3 Å². The number of anilines is 1. The minimum atomic E-state index is 0.245. The molecule has 1 saturated heterocycles. The number of morpholine rings is 1. The Morgan fingerprint density at radius 3 is 3.19 bits per heavy atom. The van der Waals surface area contributed by atoms with Crippen LogP contribution in [0.2, 0.25) is 5.15 Å². The molecule has 0 N–H and O–H groups in total. The molecule has 108 valence electrons. The molecule has 0 spiro atoms. The lowest BCUT2D eigenvalue weighted by Crippen LogP contribution is -2.44. The van der Waals surface area contributed by atoms with Gasteiger partial charge in [0.2, 0.25) is 0 Å². The predicted octanol–water partition coefficient (Wildman–Crippen LogP) is 2.57. The van der Waals surface area contributed by atoms with Crippen LogP contribution in [0.5, 0.6) is 0 Å². The van der Waals surface area contributed by atoms with Crippen molar-refractivity contribution in [2.45, 2.75) is 19.4 Å². The number of hydrogen-bond acceptors (Lipinski definition) is 5. The zero-order chi connectivity index (χ0) is 14.8. The molecule has 0 radical (unpaired) electrons. The number of nitriles is 1. The maximum atomic E-state index is 9.05. The van der Waals surface area contributed by atoms with Crippen molar-refractivity contribution in [2.75, 3.05) is 24.7 Å². The summed E-state index contributed by atoms with van der Waals surface area (Å²) in [6.45, 7) is 4.23. The molecule has 2 aromatic rings. The van der Waals surface area contributed by atoms with Gasteiger partial charge in [0, 0.05) is 18.1 Å². The fourth-order valence-electron chi connectivity index (χ4n) is 2.62. The molecule has 2 aromatic heterocycles. The first-order chi connectivity index (χ1) is 10.2. The first-order valence-electron chi connectivity index (χ1n) is 6.86. The highest BCUT2D eigenvalue weighted by Gasteiger charge is 2.21. The SMILES string of the molecule is C[C@@H]1COCCN1c1cc(CC#N)c2ccnc(Cl)c2n1. The maximum Gasteiger partial charge on any atom is 0.155 e. The van der Waals surface area contributed by atoms with Crippen LogP contribution >= 0.6 is 11.6 Å². The molecule has 21 heavy (non-hydrogen) atoms. The van der Waals surface area contributed by atoms with Crippen LogP contribution in [-0.4, -0.2) is 35.8 Å². The summed E-state index contributed by atoms with van der Waals surface area (Å²) < 4.78 is 5.46. The van der Waals surface area contributed by atoms with E-state index in [2.05, 4.69) is 27.9 Å². The van der Waals surface area contributed by atoms with Gasteiger partial charge in [-0.25, -0.2) is 9.97 Å². The first-order valence-corrected chi connectivity index (χ1v) is 7.24. The third kappa shape index (κ3) is 2.65. The summed E-state index contributed by atoms with van der Waals surface area (Å²) in [5, 5.41) is 10.3. The smallest absolute Gasteiger partial charge is 0.155 e. The van der Waals surface area contributed by atoms with Crippen LogP contribution in [0.3, 0.4) is 0 Å². The summed E-state index contributed by atoms with van der Waals surface area (Å²) in [5.74, 6) is 0.832. The minimum Gasteiger partial charge on any atom is -0.377 e. The standard InChI is InChI=1S/C15H15ClN4O/c1-10-9-21-7-6-20(10)13-8-11(2-4-17)12-3-5-18-15(16)14(12)19-13/h3,5,8,10H,2,6-7,9H2,1H3/t10-/m1/s1. The lowest BCUT2D eigenvalue weighted by Gasteiger charge is -2.34. The van der Waals surface area contributed by atoms with Crippen LogP contribution in [0.1, 0.15) is 12.5 Å². The highest BCUT2D eigenvalue weighted by molar-refractivity contribution is 6.33. The van der Waals surface area contributed by atoms with E-state index in [0.29, 0.717) is 30.3 Å². The van der Waals surface area contributed by atoms with Gasteiger partial charge in [-0.2, -0.15) is 5.26 Å². The van der Waals surface area contributed by atoms with Gasteiger partial charge in [-0.15, -0.1) is 0 Å². The molecule has 6 heteroatoms. The van der Waals surface area contributed by atoms with E-state index in [1.807, 2.05) is 12.1 Å². The maximum absolute atomic E-state index is 9.05. The molecule has 1 aliphatic heterocycles. The van der Waals surface area contributed by atoms with Gasteiger partial charge in [0.05, 0.1) is 31.7 Å². The van der Waals surface area contributed by atoms with Crippen molar-refractivity contribution in [1.82, 2.24) is 9.97 Å². The zero-order valence-corrected chi connectivity index (χ0v) is 12.5. The van der Waals surface area contributed by atoms with E-state index in [4.69, 9.17) is 21.6 Å². The second-order valence-corrected chi connectivity index (χ2v) is 5.45. The van der Waals surface area contributed by atoms with E-state index in [-0.39, 0.29) is 6.04 Å². The van der Waals surface area contributed by atoms with Gasteiger partial charge in [-0.3, -0.25) is 0 Å². The molecule has 0 bridgehead atoms. The Morgan fingerprint density at radius 1 is 1.57 bits per heavy atom. The van der Waals surface area contributed by atoms with Gasteiger partial charge in [-0.05, 0) is 24.6 Å². The third-order valence-corrected chi connectivity index (χ3v) is 3.96. The molecule has 1 atom stereocenters. The summed E-state index contributed by atoms with van der Waals surface area (Å²) in [6, 6.07) is 6.28. The molecular weight excluding hydrogens is 288 g/mol. The highest BCUT2D eigenvalue weighted by Crippen LogP contribution is 2.28. The Hall–Kier alpha value is -1.90. The fraction of sp³-hybridized carbons (Fsp3) is 0.400. The predicted molar refractivity (Wildman–Crippen MR) is 81.5 cm³/mol. The number of halogens is 1. The van der Waals surface area contributed by atoms with E-state index in [1.54, 1.807) is 6.20 Å². The molecule has 3 rings (SSSR count). The van der Waals surface area contributed by atoms with Gasteiger partial charge < -0.3 is 9.64 Å². The summed E-state index contributed by atoms with van der Waals surface area (Å²) in [7, 11) is 0. The van der Waals surface area contributed by atoms with Crippen LogP contribution in [-0.2, 0) is 11.2 Å². The van der Waals surface area contributed by atoms with Crippen LogP contribution in [0.15, 0.2) is 18.3 Å². The molecule has 0 aromatic carbocycles. The Kier molecular flexibility index (Phi) is 3.91. The molecule has 3 heterocycles. The van der Waals surface area contributed by atoms with Crippen LogP contribution < -0.4 is 4.90 Å². The highest BCUT2D eigenvalue weighted by atomic mass is 35.5. The normalized spacial score (nSPS) is 18.7. The van der Waals surface area contributed by atoms with E-state index in [9.17, 15) is 0 Å². The average molecular weight is 303 g/mol. The lowest BCUT2D eigenvalue weighted by molar-refractivity contribution is 0.0985. The molecule has 0 saturated carbocycles. The molecule has 1 fully saturated rings. The fourth-order valence-corrected chi connectivity index (χ4v) is 2.82. The molecule has 0 unspecified atom stereocenters. The Bertz CT molecular complexity index is 713. The van der Waals surface area contributed by atoms with E-state index < -0.39 is 0 Å². The third-order valence-electron chi connectivity index (χ3n) is 3.69. The quantitative estimate of drug-likeness (QED) is 0.798. The minimum absolute atomic E-state index is 0.245. The molecule has 1 aliphatic rings. The van der Waals surface area contributed by atoms with E-state index in [1.165, 1.54) is 0 Å². The molecule has 0 amide bonds. The summed E-state index contributed by atoms with van der Waals surface area (Å²) in [6.07, 6.45) is 1.97. The number of nitrogens with zero attached hydrogens (tertiary/aromatic N) is 4. The monoisotopic (exact) mass is 302 g/mol. The number of fused-ring (bicyclic) bond motifs is 1. The van der Waals surface area contributed by atoms with Crippen molar-refractivity contribution in [3.63, 3.8) is 0 Å².